The van der Waals surface area contributed by atoms with Crippen LogP contribution in [0, 0.1) is 12.8 Å². The molecular weight excluding hydrogens is 384 g/mol. The molecule has 2 atom stereocenters. The zero-order valence-electron chi connectivity index (χ0n) is 15.4. The van der Waals surface area contributed by atoms with E-state index < -0.39 is 23.8 Å². The molecule has 0 saturated carbocycles. The fourth-order valence-electron chi connectivity index (χ4n) is 3.48. The molecule has 144 valence electrons. The highest BCUT2D eigenvalue weighted by molar-refractivity contribution is 6.34. The molecule has 2 aliphatic rings. The summed E-state index contributed by atoms with van der Waals surface area (Å²) in [7, 11) is 3.05. The molecule has 0 bridgehead atoms. The molecular formula is C20H17ClN2O5. The van der Waals surface area contributed by atoms with Crippen molar-refractivity contribution in [2.24, 2.45) is 11.1 Å². The molecule has 0 unspecified atom stereocenters. The second-order valence-electron chi connectivity index (χ2n) is 6.49. The van der Waals surface area contributed by atoms with Crippen molar-refractivity contribution in [3.05, 3.63) is 52.5 Å². The van der Waals surface area contributed by atoms with Crippen molar-refractivity contribution in [1.82, 2.24) is 0 Å². The van der Waals surface area contributed by atoms with E-state index in [9.17, 15) is 9.59 Å². The van der Waals surface area contributed by atoms with Crippen molar-refractivity contribution >= 4 is 34.8 Å². The Morgan fingerprint density at radius 2 is 1.86 bits per heavy atom. The summed E-state index contributed by atoms with van der Waals surface area (Å²) < 4.78 is 10.7. The molecule has 0 aliphatic carbocycles. The van der Waals surface area contributed by atoms with Gasteiger partial charge in [0, 0.05) is 10.6 Å². The Morgan fingerprint density at radius 3 is 2.57 bits per heavy atom. The van der Waals surface area contributed by atoms with E-state index >= 15 is 0 Å². The maximum absolute atomic E-state index is 13.2. The number of ether oxygens (including phenoxy) is 2. The summed E-state index contributed by atoms with van der Waals surface area (Å²) in [6, 6.07) is 10.2. The number of methoxy groups -OCH3 is 2. The first-order valence-corrected chi connectivity index (χ1v) is 8.94. The number of hydrogen-bond donors (Lipinski definition) is 0. The quantitative estimate of drug-likeness (QED) is 0.737. The van der Waals surface area contributed by atoms with Gasteiger partial charge in [-0.15, -0.1) is 0 Å². The van der Waals surface area contributed by atoms with Gasteiger partial charge in [0.25, 0.3) is 5.91 Å². The fourth-order valence-corrected chi connectivity index (χ4v) is 3.64. The summed E-state index contributed by atoms with van der Waals surface area (Å²) in [5.74, 6) is -0.683. The van der Waals surface area contributed by atoms with Crippen molar-refractivity contribution < 1.29 is 23.9 Å². The molecule has 8 heteroatoms. The van der Waals surface area contributed by atoms with Crippen LogP contribution in [-0.4, -0.2) is 37.8 Å². The topological polar surface area (TPSA) is 77.4 Å². The van der Waals surface area contributed by atoms with Crippen LogP contribution in [0.15, 0.2) is 41.6 Å². The zero-order valence-corrected chi connectivity index (χ0v) is 16.2. The highest BCUT2D eigenvalue weighted by Gasteiger charge is 2.56. The Kier molecular flexibility index (Phi) is 4.47. The minimum atomic E-state index is -1.02. The van der Waals surface area contributed by atoms with Crippen LogP contribution in [0.4, 0.5) is 5.69 Å². The van der Waals surface area contributed by atoms with Crippen LogP contribution in [0.1, 0.15) is 11.1 Å². The third-order valence-electron chi connectivity index (χ3n) is 4.91. The van der Waals surface area contributed by atoms with E-state index in [1.165, 1.54) is 14.2 Å². The van der Waals surface area contributed by atoms with E-state index in [0.29, 0.717) is 33.5 Å². The first-order valence-electron chi connectivity index (χ1n) is 8.56. The number of rotatable bonds is 4. The number of imide groups is 1. The van der Waals surface area contributed by atoms with Gasteiger partial charge in [-0.3, -0.25) is 9.59 Å². The van der Waals surface area contributed by atoms with Gasteiger partial charge < -0.3 is 14.3 Å². The lowest BCUT2D eigenvalue weighted by Gasteiger charge is -2.18. The number of carbonyl (C=O) groups excluding carboxylic acids is 2. The molecule has 1 fully saturated rings. The lowest BCUT2D eigenvalue weighted by molar-refractivity contribution is -0.126. The van der Waals surface area contributed by atoms with E-state index in [0.717, 1.165) is 10.5 Å². The zero-order chi connectivity index (χ0) is 20.0. The standard InChI is InChI=1S/C20H17ClN2O5/c1-10-4-5-11(21)8-14(10)23-19(24)16-17(22-28-18(16)20(23)25)13-9-12(26-2)6-7-15(13)27-3/h4-9,16,18H,1-3H3/t16-,18+/m0/s1. The molecule has 0 spiro atoms. The summed E-state index contributed by atoms with van der Waals surface area (Å²) in [4.78, 5) is 32.6. The van der Waals surface area contributed by atoms with E-state index in [4.69, 9.17) is 25.9 Å². The number of nitrogens with zero attached hydrogens (tertiary/aromatic N) is 2. The van der Waals surface area contributed by atoms with E-state index in [-0.39, 0.29) is 0 Å². The highest BCUT2D eigenvalue weighted by atomic mass is 35.5. The first-order chi connectivity index (χ1) is 13.5. The summed E-state index contributed by atoms with van der Waals surface area (Å²) in [6.07, 6.45) is -1.02. The van der Waals surface area contributed by atoms with Gasteiger partial charge in [-0.25, -0.2) is 4.90 Å². The predicted molar refractivity (Wildman–Crippen MR) is 103 cm³/mol. The monoisotopic (exact) mass is 400 g/mol. The molecule has 28 heavy (non-hydrogen) atoms. The van der Waals surface area contributed by atoms with Crippen molar-refractivity contribution in [3.8, 4) is 11.5 Å². The maximum atomic E-state index is 13.2. The molecule has 2 aliphatic heterocycles. The molecule has 2 amide bonds. The van der Waals surface area contributed by atoms with Crippen molar-refractivity contribution in [3.63, 3.8) is 0 Å². The number of aryl methyl sites for hydroxylation is 1. The van der Waals surface area contributed by atoms with Crippen LogP contribution in [0.3, 0.4) is 0 Å². The smallest absolute Gasteiger partial charge is 0.278 e. The summed E-state index contributed by atoms with van der Waals surface area (Å²) in [6.45, 7) is 1.81. The number of benzene rings is 2. The minimum absolute atomic E-state index is 0.335. The van der Waals surface area contributed by atoms with Crippen LogP contribution >= 0.6 is 11.6 Å². The van der Waals surface area contributed by atoms with Crippen LogP contribution in [0.25, 0.3) is 0 Å². The van der Waals surface area contributed by atoms with Gasteiger partial charge in [-0.05, 0) is 42.8 Å². The van der Waals surface area contributed by atoms with E-state index in [2.05, 4.69) is 5.16 Å². The minimum Gasteiger partial charge on any atom is -0.497 e. The molecule has 7 nitrogen and oxygen atoms in total. The molecule has 0 aromatic heterocycles. The van der Waals surface area contributed by atoms with E-state index in [1.54, 1.807) is 43.3 Å². The average molecular weight is 401 g/mol. The number of hydrogen-bond acceptors (Lipinski definition) is 6. The fraction of sp³-hybridized carbons (Fsp3) is 0.250. The number of fused-ring (bicyclic) bond motifs is 1. The summed E-state index contributed by atoms with van der Waals surface area (Å²) >= 11 is 6.07. The van der Waals surface area contributed by atoms with Crippen molar-refractivity contribution in [2.75, 3.05) is 19.1 Å². The van der Waals surface area contributed by atoms with Crippen molar-refractivity contribution in [1.29, 1.82) is 0 Å². The van der Waals surface area contributed by atoms with Gasteiger partial charge in [0.2, 0.25) is 12.0 Å². The molecule has 2 heterocycles. The Labute approximate surface area is 166 Å². The SMILES string of the molecule is COc1ccc(OC)c(C2=NO[C@H]3C(=O)N(c4cc(Cl)ccc4C)C(=O)[C@@H]23)c1. The lowest BCUT2D eigenvalue weighted by Crippen LogP contribution is -2.33. The van der Waals surface area contributed by atoms with Crippen LogP contribution in [0.5, 0.6) is 11.5 Å². The summed E-state index contributed by atoms with van der Waals surface area (Å²) in [5.41, 5.74) is 2.07. The van der Waals surface area contributed by atoms with Crippen LogP contribution in [0.2, 0.25) is 5.02 Å². The first kappa shape index (κ1) is 18.3. The van der Waals surface area contributed by atoms with Gasteiger partial charge in [0.05, 0.1) is 19.9 Å². The maximum Gasteiger partial charge on any atom is 0.278 e. The molecule has 0 radical (unpaired) electrons. The average Bonchev–Trinajstić information content (AvgIpc) is 3.24. The van der Waals surface area contributed by atoms with Crippen LogP contribution < -0.4 is 14.4 Å². The van der Waals surface area contributed by atoms with Gasteiger partial charge in [-0.1, -0.05) is 22.8 Å². The number of oxime groups is 1. The van der Waals surface area contributed by atoms with E-state index in [1.807, 2.05) is 0 Å². The Bertz CT molecular complexity index is 1020. The van der Waals surface area contributed by atoms with Crippen LogP contribution in [-0.2, 0) is 14.4 Å². The third kappa shape index (κ3) is 2.70. The Balaban J connectivity index is 1.77. The largest absolute Gasteiger partial charge is 0.497 e. The number of carbonyl (C=O) groups is 2. The Morgan fingerprint density at radius 1 is 1.07 bits per heavy atom. The highest BCUT2D eigenvalue weighted by Crippen LogP contribution is 2.39. The normalized spacial score (nSPS) is 20.7. The second kappa shape index (κ2) is 6.83. The van der Waals surface area contributed by atoms with Gasteiger partial charge >= 0.3 is 0 Å². The molecule has 2 aromatic carbocycles. The predicted octanol–water partition coefficient (Wildman–Crippen LogP) is 2.96. The second-order valence-corrected chi connectivity index (χ2v) is 6.93. The molecule has 0 N–H and O–H groups in total. The van der Waals surface area contributed by atoms with Gasteiger partial charge in [-0.2, -0.15) is 0 Å². The summed E-state index contributed by atoms with van der Waals surface area (Å²) in [5, 5.41) is 4.46. The number of halogens is 1. The Hall–Kier alpha value is -3.06. The third-order valence-corrected chi connectivity index (χ3v) is 5.14. The van der Waals surface area contributed by atoms with Crippen molar-refractivity contribution in [2.45, 2.75) is 13.0 Å². The lowest BCUT2D eigenvalue weighted by atomic mass is 9.93. The number of anilines is 1. The molecule has 2 aromatic rings. The van der Waals surface area contributed by atoms with Gasteiger partial charge in [0.1, 0.15) is 23.1 Å². The van der Waals surface area contributed by atoms with Gasteiger partial charge in [0.15, 0.2) is 0 Å². The molecule has 1 saturated heterocycles. The number of amides is 2. The molecule has 4 rings (SSSR count).